The van der Waals surface area contributed by atoms with Crippen LogP contribution in [0, 0.1) is 11.3 Å². The van der Waals surface area contributed by atoms with Crippen molar-refractivity contribution in [2.45, 2.75) is 46.6 Å². The lowest BCUT2D eigenvalue weighted by Gasteiger charge is -2.33. The zero-order valence-electron chi connectivity index (χ0n) is 14.1. The van der Waals surface area contributed by atoms with Gasteiger partial charge in [0.15, 0.2) is 0 Å². The number of carbonyl (C=O) groups excluding carboxylic acids is 1. The van der Waals surface area contributed by atoms with Gasteiger partial charge in [0.05, 0.1) is 18.6 Å². The van der Waals surface area contributed by atoms with Crippen molar-refractivity contribution in [2.75, 3.05) is 26.4 Å². The van der Waals surface area contributed by atoms with Crippen LogP contribution in [0.4, 0.5) is 4.79 Å². The molecule has 1 atom stereocenters. The molecule has 0 bridgehead atoms. The lowest BCUT2D eigenvalue weighted by Crippen LogP contribution is -2.48. The van der Waals surface area contributed by atoms with E-state index in [2.05, 4.69) is 5.32 Å². The number of amides is 1. The third-order valence-corrected chi connectivity index (χ3v) is 3.41. The van der Waals surface area contributed by atoms with Crippen molar-refractivity contribution in [3.8, 4) is 0 Å². The second-order valence-corrected chi connectivity index (χ2v) is 6.56. The zero-order valence-corrected chi connectivity index (χ0v) is 14.1. The van der Waals surface area contributed by atoms with E-state index in [-0.39, 0.29) is 38.7 Å². The van der Waals surface area contributed by atoms with Crippen LogP contribution in [0.2, 0.25) is 0 Å². The number of aliphatic hydroxyl groups excluding tert-OH is 1. The highest BCUT2D eigenvalue weighted by molar-refractivity contribution is 5.76. The molecule has 22 heavy (non-hydrogen) atoms. The molecular weight excluding hydrogens is 290 g/mol. The average molecular weight is 319 g/mol. The minimum atomic E-state index is -1.15. The summed E-state index contributed by atoms with van der Waals surface area (Å²) in [5, 5.41) is 20.8. The van der Waals surface area contributed by atoms with Gasteiger partial charge in [0.1, 0.15) is 5.60 Å². The van der Waals surface area contributed by atoms with E-state index in [1.54, 1.807) is 34.6 Å². The number of aliphatic hydroxyl groups is 1. The largest absolute Gasteiger partial charge is 0.481 e. The van der Waals surface area contributed by atoms with E-state index in [0.717, 1.165) is 0 Å². The summed E-state index contributed by atoms with van der Waals surface area (Å²) in [6, 6.07) is 0. The fourth-order valence-electron chi connectivity index (χ4n) is 1.98. The first-order chi connectivity index (χ1) is 10.0. The number of carboxylic acids is 1. The smallest absolute Gasteiger partial charge is 0.407 e. The van der Waals surface area contributed by atoms with E-state index in [1.807, 2.05) is 0 Å². The van der Waals surface area contributed by atoms with Crippen LogP contribution in [0.1, 0.15) is 41.0 Å². The molecule has 0 rings (SSSR count). The highest BCUT2D eigenvalue weighted by Crippen LogP contribution is 2.31. The topological polar surface area (TPSA) is 105 Å². The summed E-state index contributed by atoms with van der Waals surface area (Å²) in [6.45, 7) is 8.99. The number of carbonyl (C=O) groups is 2. The quantitative estimate of drug-likeness (QED) is 0.558. The molecule has 0 heterocycles. The number of aliphatic carboxylic acids is 1. The third-order valence-electron chi connectivity index (χ3n) is 3.41. The van der Waals surface area contributed by atoms with E-state index in [0.29, 0.717) is 0 Å². The SMILES string of the molecule is CC(C)C(CCOCCO)(CNC(=O)OC(C)(C)C)C(=O)O. The Morgan fingerprint density at radius 1 is 1.18 bits per heavy atom. The predicted octanol–water partition coefficient (Wildman–Crippen LogP) is 1.64. The lowest BCUT2D eigenvalue weighted by molar-refractivity contribution is -0.153. The van der Waals surface area contributed by atoms with E-state index in [9.17, 15) is 14.7 Å². The van der Waals surface area contributed by atoms with Gasteiger partial charge < -0.3 is 25.0 Å². The van der Waals surface area contributed by atoms with Gasteiger partial charge in [0, 0.05) is 13.2 Å². The summed E-state index contributed by atoms with van der Waals surface area (Å²) in [7, 11) is 0. The standard InChI is InChI=1S/C15H29NO6/c1-11(2)15(12(18)19,6-8-21-9-7-17)10-16-13(20)22-14(3,4)5/h11,17H,6-10H2,1-5H3,(H,16,20)(H,18,19). The Kier molecular flexibility index (Phi) is 8.40. The molecule has 1 unspecified atom stereocenters. The first kappa shape index (κ1) is 20.7. The highest BCUT2D eigenvalue weighted by Gasteiger charge is 2.42. The number of rotatable bonds is 9. The van der Waals surface area contributed by atoms with Gasteiger partial charge in [0.25, 0.3) is 0 Å². The third kappa shape index (κ3) is 7.09. The highest BCUT2D eigenvalue weighted by atomic mass is 16.6. The number of ether oxygens (including phenoxy) is 2. The van der Waals surface area contributed by atoms with Gasteiger partial charge in [0.2, 0.25) is 0 Å². The fourth-order valence-corrected chi connectivity index (χ4v) is 1.98. The molecule has 7 nitrogen and oxygen atoms in total. The molecule has 0 saturated heterocycles. The summed E-state index contributed by atoms with van der Waals surface area (Å²) >= 11 is 0. The molecule has 0 saturated carbocycles. The zero-order chi connectivity index (χ0) is 17.4. The van der Waals surface area contributed by atoms with Crippen molar-refractivity contribution in [1.29, 1.82) is 0 Å². The van der Waals surface area contributed by atoms with Gasteiger partial charge >= 0.3 is 12.1 Å². The monoisotopic (exact) mass is 319 g/mol. The minimum absolute atomic E-state index is 0.0442. The number of hydrogen-bond donors (Lipinski definition) is 3. The maximum Gasteiger partial charge on any atom is 0.407 e. The number of nitrogens with one attached hydrogen (secondary N) is 1. The summed E-state index contributed by atoms with van der Waals surface area (Å²) in [6.07, 6.45) is -0.412. The van der Waals surface area contributed by atoms with Crippen molar-refractivity contribution in [3.63, 3.8) is 0 Å². The van der Waals surface area contributed by atoms with Gasteiger partial charge in [-0.25, -0.2) is 4.79 Å². The first-order valence-corrected chi connectivity index (χ1v) is 7.44. The molecule has 0 aromatic rings. The molecular formula is C15H29NO6. The molecule has 0 spiro atoms. The summed E-state index contributed by atoms with van der Waals surface area (Å²) < 4.78 is 10.3. The van der Waals surface area contributed by atoms with E-state index < -0.39 is 23.1 Å². The minimum Gasteiger partial charge on any atom is -0.481 e. The molecule has 3 N–H and O–H groups in total. The molecule has 7 heteroatoms. The van der Waals surface area contributed by atoms with Crippen molar-refractivity contribution in [2.24, 2.45) is 11.3 Å². The molecule has 0 aromatic carbocycles. The molecule has 1 amide bonds. The maximum atomic E-state index is 11.7. The predicted molar refractivity (Wildman–Crippen MR) is 81.7 cm³/mol. The van der Waals surface area contributed by atoms with Crippen molar-refractivity contribution < 1.29 is 29.3 Å². The molecule has 0 fully saturated rings. The van der Waals surface area contributed by atoms with Gasteiger partial charge in [-0.3, -0.25) is 4.79 Å². The van der Waals surface area contributed by atoms with Crippen molar-refractivity contribution in [1.82, 2.24) is 5.32 Å². The molecule has 0 radical (unpaired) electrons. The van der Waals surface area contributed by atoms with Crippen molar-refractivity contribution >= 4 is 12.1 Å². The Morgan fingerprint density at radius 2 is 1.77 bits per heavy atom. The van der Waals surface area contributed by atoms with Crippen LogP contribution in [-0.2, 0) is 14.3 Å². The van der Waals surface area contributed by atoms with Gasteiger partial charge in [-0.05, 0) is 33.1 Å². The van der Waals surface area contributed by atoms with E-state index >= 15 is 0 Å². The Morgan fingerprint density at radius 3 is 2.18 bits per heavy atom. The number of carboxylic acid groups (broad SMARTS) is 1. The van der Waals surface area contributed by atoms with Crippen LogP contribution in [0.5, 0.6) is 0 Å². The number of alkyl carbamates (subject to hydrolysis) is 1. The maximum absolute atomic E-state index is 11.7. The van der Waals surface area contributed by atoms with E-state index in [4.69, 9.17) is 14.6 Å². The van der Waals surface area contributed by atoms with Crippen LogP contribution >= 0.6 is 0 Å². The lowest BCUT2D eigenvalue weighted by atomic mass is 9.74. The average Bonchev–Trinajstić information content (AvgIpc) is 2.35. The van der Waals surface area contributed by atoms with Crippen LogP contribution in [0.3, 0.4) is 0 Å². The van der Waals surface area contributed by atoms with Crippen LogP contribution in [0.15, 0.2) is 0 Å². The van der Waals surface area contributed by atoms with Gasteiger partial charge in [-0.1, -0.05) is 13.8 Å². The fraction of sp³-hybridized carbons (Fsp3) is 0.867. The molecule has 0 aliphatic heterocycles. The number of hydrogen-bond acceptors (Lipinski definition) is 5. The van der Waals surface area contributed by atoms with Crippen LogP contribution in [-0.4, -0.2) is 54.2 Å². The molecule has 130 valence electrons. The van der Waals surface area contributed by atoms with E-state index in [1.165, 1.54) is 0 Å². The second-order valence-electron chi connectivity index (χ2n) is 6.56. The van der Waals surface area contributed by atoms with Crippen molar-refractivity contribution in [3.05, 3.63) is 0 Å². The molecule has 0 aliphatic rings. The normalized spacial score (nSPS) is 14.5. The van der Waals surface area contributed by atoms with Crippen LogP contribution < -0.4 is 5.32 Å². The Bertz CT molecular complexity index is 364. The molecule has 0 aliphatic carbocycles. The summed E-state index contributed by atoms with van der Waals surface area (Å²) in [5.74, 6) is -1.20. The van der Waals surface area contributed by atoms with Gasteiger partial charge in [-0.2, -0.15) is 0 Å². The molecule has 0 aromatic heterocycles. The Balaban J connectivity index is 4.78. The summed E-state index contributed by atoms with van der Waals surface area (Å²) in [5.41, 5.74) is -1.79. The Hall–Kier alpha value is -1.34. The first-order valence-electron chi connectivity index (χ1n) is 7.44. The van der Waals surface area contributed by atoms with Gasteiger partial charge in [-0.15, -0.1) is 0 Å². The summed E-state index contributed by atoms with van der Waals surface area (Å²) in [4.78, 5) is 23.5. The Labute approximate surface area is 132 Å². The second kappa shape index (κ2) is 8.95. The van der Waals surface area contributed by atoms with Crippen LogP contribution in [0.25, 0.3) is 0 Å².